The molecule has 0 amide bonds. The van der Waals surface area contributed by atoms with Gasteiger partial charge >= 0.3 is 5.97 Å². The van der Waals surface area contributed by atoms with Crippen LogP contribution < -0.4 is 5.56 Å². The van der Waals surface area contributed by atoms with Gasteiger partial charge in [0.25, 0.3) is 5.56 Å². The lowest BCUT2D eigenvalue weighted by Gasteiger charge is -2.10. The number of aryl methyl sites for hydroxylation is 2. The van der Waals surface area contributed by atoms with Gasteiger partial charge in [-0.3, -0.25) is 9.59 Å². The molecule has 8 heteroatoms. The number of aromatic nitrogens is 3. The summed E-state index contributed by atoms with van der Waals surface area (Å²) < 4.78 is 21.4. The number of ether oxygens (including phenoxy) is 1. The van der Waals surface area contributed by atoms with Gasteiger partial charge in [-0.25, -0.2) is 13.9 Å². The molecule has 0 bridgehead atoms. The van der Waals surface area contributed by atoms with Crippen molar-refractivity contribution in [3.63, 3.8) is 0 Å². The van der Waals surface area contributed by atoms with E-state index in [2.05, 4.69) is 5.10 Å². The van der Waals surface area contributed by atoms with Gasteiger partial charge in [-0.1, -0.05) is 19.1 Å². The van der Waals surface area contributed by atoms with Gasteiger partial charge in [0.2, 0.25) is 5.78 Å². The zero-order valence-corrected chi connectivity index (χ0v) is 17.7. The van der Waals surface area contributed by atoms with Crippen molar-refractivity contribution in [1.82, 2.24) is 14.3 Å². The lowest BCUT2D eigenvalue weighted by Crippen LogP contribution is -2.25. The van der Waals surface area contributed by atoms with Gasteiger partial charge in [0.1, 0.15) is 5.82 Å². The third-order valence-electron chi connectivity index (χ3n) is 4.97. The highest BCUT2D eigenvalue weighted by molar-refractivity contribution is 6.00. The molecule has 0 spiro atoms. The summed E-state index contributed by atoms with van der Waals surface area (Å²) in [5, 5.41) is 3.99. The summed E-state index contributed by atoms with van der Waals surface area (Å²) in [6, 6.07) is 10.5. The smallest absolute Gasteiger partial charge is 0.359 e. The van der Waals surface area contributed by atoms with E-state index >= 15 is 0 Å². The molecule has 7 nitrogen and oxygen atoms in total. The number of esters is 1. The molecule has 0 aliphatic carbocycles. The first-order valence-electron chi connectivity index (χ1n) is 9.99. The number of rotatable bonds is 8. The Bertz CT molecular complexity index is 1160. The second-order valence-electron chi connectivity index (χ2n) is 7.28. The SMILES string of the molecule is CCCn1nc(C(=O)OCC(=O)c2cc(C)n(Cc3ccc(F)cc3)c2C)ccc1=O. The fourth-order valence-corrected chi connectivity index (χ4v) is 3.31. The van der Waals surface area contributed by atoms with Gasteiger partial charge in [0.15, 0.2) is 12.3 Å². The van der Waals surface area contributed by atoms with Gasteiger partial charge in [-0.2, -0.15) is 5.10 Å². The summed E-state index contributed by atoms with van der Waals surface area (Å²) >= 11 is 0. The number of halogens is 1. The van der Waals surface area contributed by atoms with Crippen LogP contribution in [0.15, 0.2) is 47.3 Å². The minimum atomic E-state index is -0.765. The summed E-state index contributed by atoms with van der Waals surface area (Å²) in [7, 11) is 0. The maximum absolute atomic E-state index is 13.1. The molecular weight excluding hydrogens is 401 g/mol. The minimum absolute atomic E-state index is 0.0253. The first kappa shape index (κ1) is 22.1. The molecule has 162 valence electrons. The van der Waals surface area contributed by atoms with Crippen molar-refractivity contribution in [2.45, 2.75) is 40.3 Å². The van der Waals surface area contributed by atoms with Gasteiger partial charge in [0.05, 0.1) is 0 Å². The van der Waals surface area contributed by atoms with Crippen LogP contribution in [0.4, 0.5) is 4.39 Å². The fourth-order valence-electron chi connectivity index (χ4n) is 3.31. The zero-order chi connectivity index (χ0) is 22.5. The normalized spacial score (nSPS) is 10.8. The van der Waals surface area contributed by atoms with Crippen LogP contribution in [-0.2, 0) is 17.8 Å². The van der Waals surface area contributed by atoms with Crippen molar-refractivity contribution in [1.29, 1.82) is 0 Å². The van der Waals surface area contributed by atoms with Crippen molar-refractivity contribution < 1.29 is 18.7 Å². The molecule has 0 fully saturated rings. The van der Waals surface area contributed by atoms with Crippen LogP contribution >= 0.6 is 0 Å². The molecule has 2 aromatic heterocycles. The second kappa shape index (κ2) is 9.51. The quantitative estimate of drug-likeness (QED) is 0.409. The highest BCUT2D eigenvalue weighted by Crippen LogP contribution is 2.18. The molecule has 0 N–H and O–H groups in total. The fraction of sp³-hybridized carbons (Fsp3) is 0.304. The number of carbonyl (C=O) groups is 2. The van der Waals surface area contributed by atoms with Crippen LogP contribution in [0.2, 0.25) is 0 Å². The lowest BCUT2D eigenvalue weighted by molar-refractivity contribution is 0.0466. The molecule has 0 aliphatic heterocycles. The van der Waals surface area contributed by atoms with Crippen molar-refractivity contribution in [2.75, 3.05) is 6.61 Å². The topological polar surface area (TPSA) is 83.2 Å². The Labute approximate surface area is 179 Å². The molecule has 0 aliphatic rings. The summed E-state index contributed by atoms with van der Waals surface area (Å²) in [4.78, 5) is 36.7. The maximum atomic E-state index is 13.1. The molecule has 3 aromatic rings. The average molecular weight is 425 g/mol. The highest BCUT2D eigenvalue weighted by Gasteiger charge is 2.19. The molecule has 31 heavy (non-hydrogen) atoms. The Morgan fingerprint density at radius 1 is 1.10 bits per heavy atom. The Morgan fingerprint density at radius 3 is 2.48 bits per heavy atom. The van der Waals surface area contributed by atoms with E-state index in [1.807, 2.05) is 25.3 Å². The number of benzene rings is 1. The molecule has 3 rings (SSSR count). The Morgan fingerprint density at radius 2 is 1.81 bits per heavy atom. The summed E-state index contributed by atoms with van der Waals surface area (Å²) in [5.41, 5.74) is 2.63. The number of hydrogen-bond acceptors (Lipinski definition) is 5. The zero-order valence-electron chi connectivity index (χ0n) is 17.7. The van der Waals surface area contributed by atoms with Crippen LogP contribution in [0.1, 0.15) is 51.1 Å². The monoisotopic (exact) mass is 425 g/mol. The van der Waals surface area contributed by atoms with E-state index in [0.717, 1.165) is 17.0 Å². The van der Waals surface area contributed by atoms with E-state index in [1.165, 1.54) is 28.9 Å². The molecule has 0 saturated carbocycles. The number of carbonyl (C=O) groups excluding carboxylic acids is 2. The van der Waals surface area contributed by atoms with Crippen molar-refractivity contribution in [3.05, 3.63) is 86.8 Å². The van der Waals surface area contributed by atoms with Gasteiger partial charge in [0, 0.05) is 36.1 Å². The summed E-state index contributed by atoms with van der Waals surface area (Å²) in [6.07, 6.45) is 0.692. The Kier molecular flexibility index (Phi) is 6.79. The highest BCUT2D eigenvalue weighted by atomic mass is 19.1. The largest absolute Gasteiger partial charge is 0.453 e. The number of hydrogen-bond donors (Lipinski definition) is 0. The van der Waals surface area contributed by atoms with Crippen LogP contribution in [0, 0.1) is 19.7 Å². The standard InChI is InChI=1S/C23H24FN3O4/c1-4-11-27-22(29)10-9-20(25-27)23(30)31-14-21(28)19-12-15(2)26(16(19)3)13-17-5-7-18(24)8-6-17/h5-10,12H,4,11,13-14H2,1-3H3. The number of nitrogens with zero attached hydrogens (tertiary/aromatic N) is 3. The van der Waals surface area contributed by atoms with E-state index < -0.39 is 12.6 Å². The molecule has 0 saturated heterocycles. The Balaban J connectivity index is 1.69. The molecule has 1 aromatic carbocycles. The first-order valence-corrected chi connectivity index (χ1v) is 9.99. The van der Waals surface area contributed by atoms with Gasteiger partial charge in [-0.15, -0.1) is 0 Å². The molecule has 0 unspecified atom stereocenters. The van der Waals surface area contributed by atoms with Crippen LogP contribution in [-0.4, -0.2) is 32.7 Å². The van der Waals surface area contributed by atoms with Crippen LogP contribution in [0.25, 0.3) is 0 Å². The van der Waals surface area contributed by atoms with Crippen LogP contribution in [0.3, 0.4) is 0 Å². The predicted molar refractivity (Wildman–Crippen MR) is 113 cm³/mol. The van der Waals surface area contributed by atoms with Crippen molar-refractivity contribution >= 4 is 11.8 Å². The van der Waals surface area contributed by atoms with Gasteiger partial charge in [-0.05, 0) is 50.1 Å². The van der Waals surface area contributed by atoms with E-state index in [4.69, 9.17) is 4.74 Å². The van der Waals surface area contributed by atoms with Crippen molar-refractivity contribution in [2.24, 2.45) is 0 Å². The van der Waals surface area contributed by atoms with Gasteiger partial charge < -0.3 is 9.30 Å². The lowest BCUT2D eigenvalue weighted by atomic mass is 10.1. The second-order valence-corrected chi connectivity index (χ2v) is 7.28. The first-order chi connectivity index (χ1) is 14.8. The third-order valence-corrected chi connectivity index (χ3v) is 4.97. The average Bonchev–Trinajstić information content (AvgIpc) is 3.03. The minimum Gasteiger partial charge on any atom is -0.453 e. The van der Waals surface area contributed by atoms with Crippen molar-refractivity contribution in [3.8, 4) is 0 Å². The molecular formula is C23H24FN3O4. The Hall–Kier alpha value is -3.55. The maximum Gasteiger partial charge on any atom is 0.359 e. The predicted octanol–water partition coefficient (Wildman–Crippen LogP) is 3.30. The third kappa shape index (κ3) is 5.14. The summed E-state index contributed by atoms with van der Waals surface area (Å²) in [6.45, 7) is 6.03. The van der Waals surface area contributed by atoms with E-state index in [0.29, 0.717) is 25.1 Å². The molecule has 0 radical (unpaired) electrons. The number of Topliss-reactive ketones (excluding diaryl/α,β-unsaturated/α-hetero) is 1. The van der Waals surface area contributed by atoms with E-state index in [1.54, 1.807) is 18.2 Å². The number of ketones is 1. The molecule has 0 atom stereocenters. The van der Waals surface area contributed by atoms with Crippen LogP contribution in [0.5, 0.6) is 0 Å². The van der Waals surface area contributed by atoms with E-state index in [9.17, 15) is 18.8 Å². The molecule has 2 heterocycles. The van der Waals surface area contributed by atoms with E-state index in [-0.39, 0.29) is 22.9 Å². The summed E-state index contributed by atoms with van der Waals surface area (Å²) in [5.74, 6) is -1.41.